The van der Waals surface area contributed by atoms with E-state index < -0.39 is 0 Å². The van der Waals surface area contributed by atoms with E-state index in [1.54, 1.807) is 12.3 Å². The van der Waals surface area contributed by atoms with Crippen LogP contribution in [-0.2, 0) is 6.54 Å². The highest BCUT2D eigenvalue weighted by Gasteiger charge is 2.11. The van der Waals surface area contributed by atoms with Crippen LogP contribution in [0.15, 0.2) is 78.1 Å². The Morgan fingerprint density at radius 2 is 2.18 bits per heavy atom. The van der Waals surface area contributed by atoms with Gasteiger partial charge in [-0.3, -0.25) is 0 Å². The summed E-state index contributed by atoms with van der Waals surface area (Å²) < 4.78 is 2.68. The lowest BCUT2D eigenvalue weighted by Gasteiger charge is -2.11. The zero-order valence-electron chi connectivity index (χ0n) is 15.5. The van der Waals surface area contributed by atoms with Crippen LogP contribution in [0.4, 0.5) is 5.82 Å². The summed E-state index contributed by atoms with van der Waals surface area (Å²) in [6.45, 7) is 6.43. The fourth-order valence-electron chi connectivity index (χ4n) is 3.03. The highest BCUT2D eigenvalue weighted by molar-refractivity contribution is 9.10. The maximum absolute atomic E-state index is 4.74. The van der Waals surface area contributed by atoms with Gasteiger partial charge in [-0.05, 0) is 57.6 Å². The Morgan fingerprint density at radius 1 is 1.29 bits per heavy atom. The van der Waals surface area contributed by atoms with E-state index in [1.165, 1.54) is 10.9 Å². The number of allylic oxidation sites excluding steroid dienone is 5. The Hall–Kier alpha value is -3.12. The van der Waals surface area contributed by atoms with E-state index in [0.29, 0.717) is 6.54 Å². The molecular weight excluding hydrogens is 414 g/mol. The number of rotatable bonds is 6. The SMILES string of the molecule is C=C/C=C\C=C(/C)c1cc(NCc2ccc3[nH]ccc3c2)n2ncc(Br)c2n1. The van der Waals surface area contributed by atoms with Gasteiger partial charge in [-0.2, -0.15) is 9.61 Å². The summed E-state index contributed by atoms with van der Waals surface area (Å²) >= 11 is 3.54. The van der Waals surface area contributed by atoms with Gasteiger partial charge in [-0.15, -0.1) is 0 Å². The van der Waals surface area contributed by atoms with Crippen LogP contribution in [0.1, 0.15) is 18.2 Å². The Morgan fingerprint density at radius 3 is 3.04 bits per heavy atom. The van der Waals surface area contributed by atoms with Gasteiger partial charge in [0, 0.05) is 24.3 Å². The number of nitrogens with zero attached hydrogens (tertiary/aromatic N) is 3. The number of benzene rings is 1. The summed E-state index contributed by atoms with van der Waals surface area (Å²) in [6, 6.07) is 10.5. The molecule has 3 heterocycles. The molecule has 140 valence electrons. The van der Waals surface area contributed by atoms with Gasteiger partial charge >= 0.3 is 0 Å². The molecule has 4 aromatic rings. The summed E-state index contributed by atoms with van der Waals surface area (Å²) in [4.78, 5) is 7.97. The molecule has 0 spiro atoms. The highest BCUT2D eigenvalue weighted by atomic mass is 79.9. The molecule has 0 unspecified atom stereocenters. The number of aromatic nitrogens is 4. The predicted molar refractivity (Wildman–Crippen MR) is 119 cm³/mol. The van der Waals surface area contributed by atoms with Crippen molar-refractivity contribution < 1.29 is 0 Å². The van der Waals surface area contributed by atoms with E-state index in [0.717, 1.165) is 32.7 Å². The smallest absolute Gasteiger partial charge is 0.172 e. The first-order valence-electron chi connectivity index (χ1n) is 8.96. The Balaban J connectivity index is 1.67. The fraction of sp³-hybridized carbons (Fsp3) is 0.0909. The molecule has 6 heteroatoms. The molecule has 1 aromatic carbocycles. The van der Waals surface area contributed by atoms with Crippen molar-refractivity contribution >= 4 is 43.9 Å². The first-order chi connectivity index (χ1) is 13.7. The lowest BCUT2D eigenvalue weighted by atomic mass is 10.1. The van der Waals surface area contributed by atoms with E-state index in [-0.39, 0.29) is 0 Å². The van der Waals surface area contributed by atoms with Gasteiger partial charge in [0.15, 0.2) is 5.65 Å². The molecule has 0 aliphatic carbocycles. The van der Waals surface area contributed by atoms with Gasteiger partial charge in [0.05, 0.1) is 16.4 Å². The second kappa shape index (κ2) is 7.86. The molecule has 0 aliphatic heterocycles. The molecule has 2 N–H and O–H groups in total. The van der Waals surface area contributed by atoms with Crippen molar-refractivity contribution in [3.63, 3.8) is 0 Å². The lowest BCUT2D eigenvalue weighted by molar-refractivity contribution is 0.922. The van der Waals surface area contributed by atoms with Crippen LogP contribution in [0, 0.1) is 0 Å². The predicted octanol–water partition coefficient (Wildman–Crippen LogP) is 5.73. The minimum atomic E-state index is 0.691. The number of hydrogen-bond donors (Lipinski definition) is 2. The average Bonchev–Trinajstić information content (AvgIpc) is 3.32. The van der Waals surface area contributed by atoms with Crippen LogP contribution in [0.5, 0.6) is 0 Å². The van der Waals surface area contributed by atoms with Crippen molar-refractivity contribution in [1.29, 1.82) is 0 Å². The molecule has 5 nitrogen and oxygen atoms in total. The minimum absolute atomic E-state index is 0.691. The average molecular weight is 434 g/mol. The van der Waals surface area contributed by atoms with Crippen LogP contribution in [0.2, 0.25) is 0 Å². The van der Waals surface area contributed by atoms with Crippen molar-refractivity contribution in [2.45, 2.75) is 13.5 Å². The standard InChI is InChI=1S/C22H20BrN5/c1-3-4-5-6-15(2)20-12-21(28-22(27-20)18(23)14-26-28)25-13-16-7-8-19-17(11-16)9-10-24-19/h3-12,14,24-25H,1,13H2,2H3/b5-4-,15-6+. The number of anilines is 1. The largest absolute Gasteiger partial charge is 0.366 e. The van der Waals surface area contributed by atoms with Gasteiger partial charge in [0.1, 0.15) is 5.82 Å². The topological polar surface area (TPSA) is 58.0 Å². The molecule has 0 bridgehead atoms. The number of H-pyrrole nitrogens is 1. The van der Waals surface area contributed by atoms with Crippen molar-refractivity contribution in [2.24, 2.45) is 0 Å². The van der Waals surface area contributed by atoms with Crippen molar-refractivity contribution in [1.82, 2.24) is 19.6 Å². The summed E-state index contributed by atoms with van der Waals surface area (Å²) in [5, 5.41) is 9.15. The molecule has 3 aromatic heterocycles. The van der Waals surface area contributed by atoms with Gasteiger partial charge in [0.2, 0.25) is 0 Å². The van der Waals surface area contributed by atoms with Crippen LogP contribution >= 0.6 is 15.9 Å². The van der Waals surface area contributed by atoms with Crippen molar-refractivity contribution in [3.05, 3.63) is 89.3 Å². The van der Waals surface area contributed by atoms with E-state index in [1.807, 2.05) is 41.9 Å². The summed E-state index contributed by atoms with van der Waals surface area (Å²) in [7, 11) is 0. The van der Waals surface area contributed by atoms with Crippen molar-refractivity contribution in [2.75, 3.05) is 5.32 Å². The van der Waals surface area contributed by atoms with E-state index in [2.05, 4.69) is 62.2 Å². The summed E-state index contributed by atoms with van der Waals surface area (Å²) in [6.07, 6.45) is 11.3. The molecule has 0 atom stereocenters. The van der Waals surface area contributed by atoms with E-state index in [9.17, 15) is 0 Å². The molecule has 4 rings (SSSR count). The van der Waals surface area contributed by atoms with Crippen LogP contribution in [0.3, 0.4) is 0 Å². The lowest BCUT2D eigenvalue weighted by Crippen LogP contribution is -2.07. The third kappa shape index (κ3) is 3.64. The maximum Gasteiger partial charge on any atom is 0.172 e. The monoisotopic (exact) mass is 433 g/mol. The zero-order chi connectivity index (χ0) is 19.5. The Labute approximate surface area is 171 Å². The third-order valence-corrected chi connectivity index (χ3v) is 5.08. The molecule has 0 saturated carbocycles. The molecule has 0 saturated heterocycles. The Bertz CT molecular complexity index is 1210. The number of halogens is 1. The van der Waals surface area contributed by atoms with Gasteiger partial charge in [-0.1, -0.05) is 36.9 Å². The van der Waals surface area contributed by atoms with Gasteiger partial charge < -0.3 is 10.3 Å². The maximum atomic E-state index is 4.74. The Kier molecular flexibility index (Phi) is 5.12. The number of hydrogen-bond acceptors (Lipinski definition) is 3. The fourth-order valence-corrected chi connectivity index (χ4v) is 3.38. The van der Waals surface area contributed by atoms with Crippen LogP contribution < -0.4 is 5.32 Å². The quantitative estimate of drug-likeness (QED) is 0.381. The van der Waals surface area contributed by atoms with E-state index >= 15 is 0 Å². The summed E-state index contributed by atoms with van der Waals surface area (Å²) in [5.41, 5.74) is 5.07. The molecular formula is C22H20BrN5. The third-order valence-electron chi connectivity index (χ3n) is 4.52. The molecule has 0 aliphatic rings. The van der Waals surface area contributed by atoms with Crippen LogP contribution in [0.25, 0.3) is 22.1 Å². The number of fused-ring (bicyclic) bond motifs is 2. The van der Waals surface area contributed by atoms with Crippen molar-refractivity contribution in [3.8, 4) is 0 Å². The number of nitrogens with one attached hydrogen (secondary N) is 2. The summed E-state index contributed by atoms with van der Waals surface area (Å²) in [5.74, 6) is 0.889. The van der Waals surface area contributed by atoms with Gasteiger partial charge in [-0.25, -0.2) is 4.98 Å². The second-order valence-electron chi connectivity index (χ2n) is 6.48. The highest BCUT2D eigenvalue weighted by Crippen LogP contribution is 2.24. The van der Waals surface area contributed by atoms with E-state index in [4.69, 9.17) is 4.98 Å². The first kappa shape index (κ1) is 18.3. The molecule has 0 amide bonds. The first-order valence-corrected chi connectivity index (χ1v) is 9.75. The van der Waals surface area contributed by atoms with Crippen LogP contribution in [-0.4, -0.2) is 19.6 Å². The van der Waals surface area contributed by atoms with Gasteiger partial charge in [0.25, 0.3) is 0 Å². The second-order valence-corrected chi connectivity index (χ2v) is 7.33. The zero-order valence-corrected chi connectivity index (χ0v) is 17.1. The molecule has 28 heavy (non-hydrogen) atoms. The normalized spacial score (nSPS) is 12.3. The molecule has 0 fully saturated rings. The molecule has 0 radical (unpaired) electrons. The minimum Gasteiger partial charge on any atom is -0.366 e. The number of aromatic amines is 1.